The number of aromatic nitrogens is 1. The molecule has 2 heterocycles. The normalized spacial score (nSPS) is 17.1. The topological polar surface area (TPSA) is 79.5 Å². The Morgan fingerprint density at radius 3 is 2.63 bits per heavy atom. The molecule has 1 aromatic heterocycles. The van der Waals surface area contributed by atoms with E-state index in [0.717, 1.165) is 35.9 Å². The van der Waals surface area contributed by atoms with E-state index < -0.39 is 15.8 Å². The van der Waals surface area contributed by atoms with Crippen molar-refractivity contribution in [1.29, 1.82) is 0 Å². The molecule has 0 unspecified atom stereocenters. The van der Waals surface area contributed by atoms with E-state index in [9.17, 15) is 17.6 Å². The number of pyridine rings is 1. The van der Waals surface area contributed by atoms with Crippen LogP contribution in [0.5, 0.6) is 0 Å². The minimum absolute atomic E-state index is 0.0186. The molecule has 0 amide bonds. The number of fused-ring (bicyclic) bond motifs is 1. The smallest absolute Gasteiger partial charge is 0.252 e. The highest BCUT2D eigenvalue weighted by atomic mass is 32.2. The number of halogens is 1. The third kappa shape index (κ3) is 4.30. The van der Waals surface area contributed by atoms with Crippen molar-refractivity contribution in [3.8, 4) is 0 Å². The molecule has 3 aromatic rings. The van der Waals surface area contributed by atoms with Gasteiger partial charge in [-0.05, 0) is 67.6 Å². The summed E-state index contributed by atoms with van der Waals surface area (Å²) in [7, 11) is -3.95. The summed E-state index contributed by atoms with van der Waals surface area (Å²) in [4.78, 5) is 15.4. The summed E-state index contributed by atoms with van der Waals surface area (Å²) in [5.74, 6) is -0.513. The van der Waals surface area contributed by atoms with Crippen LogP contribution in [-0.4, -0.2) is 37.0 Å². The summed E-state index contributed by atoms with van der Waals surface area (Å²) >= 11 is 0. The fourth-order valence-electron chi connectivity index (χ4n) is 3.70. The standard InChI is InChI=1S/C22H23FN2O4S/c1-15-4-9-21-16(11-15)12-17(22(26)24-21)13-25(14-19-3-2-10-29-19)30(27,28)20-7-5-18(23)6-8-20/h4-9,11-12,19H,2-3,10,13-14H2,1H3,(H,24,26)/t19-/m1/s1. The number of nitrogens with one attached hydrogen (secondary N) is 1. The van der Waals surface area contributed by atoms with Crippen molar-refractivity contribution in [2.24, 2.45) is 0 Å². The highest BCUT2D eigenvalue weighted by Crippen LogP contribution is 2.23. The molecule has 0 spiro atoms. The Bertz CT molecular complexity index is 1220. The highest BCUT2D eigenvalue weighted by Gasteiger charge is 2.30. The van der Waals surface area contributed by atoms with Crippen LogP contribution in [0.25, 0.3) is 10.9 Å². The van der Waals surface area contributed by atoms with E-state index in [1.807, 2.05) is 25.1 Å². The molecular weight excluding hydrogens is 407 g/mol. The van der Waals surface area contributed by atoms with E-state index in [-0.39, 0.29) is 29.6 Å². The lowest BCUT2D eigenvalue weighted by Gasteiger charge is -2.25. The second-order valence-corrected chi connectivity index (χ2v) is 9.54. The van der Waals surface area contributed by atoms with Gasteiger partial charge in [0.2, 0.25) is 10.0 Å². The second kappa shape index (κ2) is 8.29. The van der Waals surface area contributed by atoms with E-state index in [4.69, 9.17) is 4.74 Å². The number of hydrogen-bond acceptors (Lipinski definition) is 4. The van der Waals surface area contributed by atoms with Crippen LogP contribution in [0.1, 0.15) is 24.0 Å². The van der Waals surface area contributed by atoms with E-state index in [2.05, 4.69) is 4.98 Å². The molecule has 0 saturated carbocycles. The van der Waals surface area contributed by atoms with Crippen LogP contribution < -0.4 is 5.56 Å². The Hall–Kier alpha value is -2.55. The first-order chi connectivity index (χ1) is 14.3. The van der Waals surface area contributed by atoms with Gasteiger partial charge in [-0.2, -0.15) is 4.31 Å². The molecule has 2 aromatic carbocycles. The Balaban J connectivity index is 1.72. The molecule has 0 radical (unpaired) electrons. The molecule has 1 N–H and O–H groups in total. The maximum Gasteiger partial charge on any atom is 0.252 e. The van der Waals surface area contributed by atoms with Crippen LogP contribution in [-0.2, 0) is 21.3 Å². The Labute approximate surface area is 174 Å². The lowest BCUT2D eigenvalue weighted by atomic mass is 10.1. The van der Waals surface area contributed by atoms with E-state index in [1.165, 1.54) is 16.4 Å². The van der Waals surface area contributed by atoms with Crippen molar-refractivity contribution in [2.75, 3.05) is 13.2 Å². The summed E-state index contributed by atoms with van der Waals surface area (Å²) in [6.45, 7) is 2.57. The fraction of sp³-hybridized carbons (Fsp3) is 0.318. The number of hydrogen-bond donors (Lipinski definition) is 1. The molecule has 0 aliphatic carbocycles. The van der Waals surface area contributed by atoms with Gasteiger partial charge in [-0.3, -0.25) is 4.79 Å². The number of aryl methyl sites for hydroxylation is 1. The number of aromatic amines is 1. The van der Waals surface area contributed by atoms with Gasteiger partial charge in [0.05, 0.1) is 11.0 Å². The summed E-state index contributed by atoms with van der Waals surface area (Å²) in [5.41, 5.74) is 1.74. The zero-order valence-electron chi connectivity index (χ0n) is 16.6. The molecule has 1 aliphatic heterocycles. The van der Waals surface area contributed by atoms with Crippen molar-refractivity contribution >= 4 is 20.9 Å². The number of nitrogens with zero attached hydrogens (tertiary/aromatic N) is 1. The van der Waals surface area contributed by atoms with Crippen LogP contribution in [0.4, 0.5) is 4.39 Å². The van der Waals surface area contributed by atoms with Crippen LogP contribution in [0.3, 0.4) is 0 Å². The van der Waals surface area contributed by atoms with Gasteiger partial charge in [0, 0.05) is 30.8 Å². The molecule has 4 rings (SSSR count). The number of H-pyrrole nitrogens is 1. The van der Waals surface area contributed by atoms with Gasteiger partial charge in [0.1, 0.15) is 5.82 Å². The zero-order valence-corrected chi connectivity index (χ0v) is 17.4. The van der Waals surface area contributed by atoms with Crippen molar-refractivity contribution in [3.63, 3.8) is 0 Å². The van der Waals surface area contributed by atoms with Crippen LogP contribution in [0.2, 0.25) is 0 Å². The van der Waals surface area contributed by atoms with Crippen LogP contribution in [0.15, 0.2) is 58.2 Å². The number of ether oxygens (including phenoxy) is 1. The van der Waals surface area contributed by atoms with Crippen molar-refractivity contribution in [3.05, 3.63) is 75.8 Å². The van der Waals surface area contributed by atoms with Crippen molar-refractivity contribution in [2.45, 2.75) is 37.3 Å². The average molecular weight is 431 g/mol. The minimum atomic E-state index is -3.95. The lowest BCUT2D eigenvalue weighted by Crippen LogP contribution is -2.38. The number of rotatable bonds is 6. The quantitative estimate of drug-likeness (QED) is 0.651. The molecular formula is C22H23FN2O4S. The first kappa shape index (κ1) is 20.7. The predicted octanol–water partition coefficient (Wildman–Crippen LogP) is 3.35. The van der Waals surface area contributed by atoms with E-state index in [0.29, 0.717) is 17.7 Å². The molecule has 1 aliphatic rings. The SMILES string of the molecule is Cc1ccc2[nH]c(=O)c(CN(C[C@H]3CCCO3)S(=O)(=O)c3ccc(F)cc3)cc2c1. The van der Waals surface area contributed by atoms with Crippen molar-refractivity contribution in [1.82, 2.24) is 9.29 Å². The summed E-state index contributed by atoms with van der Waals surface area (Å²) in [6, 6.07) is 12.1. The van der Waals surface area contributed by atoms with Gasteiger partial charge >= 0.3 is 0 Å². The van der Waals surface area contributed by atoms with Crippen LogP contribution >= 0.6 is 0 Å². The zero-order chi connectivity index (χ0) is 21.3. The first-order valence-corrected chi connectivity index (χ1v) is 11.3. The summed E-state index contributed by atoms with van der Waals surface area (Å²) < 4.78 is 46.8. The third-order valence-corrected chi connectivity index (χ3v) is 7.13. The molecule has 1 fully saturated rings. The Morgan fingerprint density at radius 2 is 1.93 bits per heavy atom. The third-order valence-electron chi connectivity index (χ3n) is 5.31. The minimum Gasteiger partial charge on any atom is -0.377 e. The van der Waals surface area contributed by atoms with Gasteiger partial charge in [-0.15, -0.1) is 0 Å². The van der Waals surface area contributed by atoms with E-state index in [1.54, 1.807) is 6.07 Å². The molecule has 0 bridgehead atoms. The first-order valence-electron chi connectivity index (χ1n) is 9.83. The van der Waals surface area contributed by atoms with Gasteiger partial charge in [-0.25, -0.2) is 12.8 Å². The number of sulfonamides is 1. The summed E-state index contributed by atoms with van der Waals surface area (Å²) in [6.07, 6.45) is 1.38. The molecule has 8 heteroatoms. The maximum absolute atomic E-state index is 13.3. The second-order valence-electron chi connectivity index (χ2n) is 7.60. The number of benzene rings is 2. The summed E-state index contributed by atoms with van der Waals surface area (Å²) in [5, 5.41) is 0.834. The van der Waals surface area contributed by atoms with E-state index >= 15 is 0 Å². The highest BCUT2D eigenvalue weighted by molar-refractivity contribution is 7.89. The average Bonchev–Trinajstić information content (AvgIpc) is 3.22. The van der Waals surface area contributed by atoms with Crippen molar-refractivity contribution < 1.29 is 17.5 Å². The largest absolute Gasteiger partial charge is 0.377 e. The lowest BCUT2D eigenvalue weighted by molar-refractivity contribution is 0.0925. The molecule has 158 valence electrons. The molecule has 1 atom stereocenters. The van der Waals surface area contributed by atoms with Gasteiger partial charge in [0.15, 0.2) is 0 Å². The van der Waals surface area contributed by atoms with Gasteiger partial charge in [-0.1, -0.05) is 11.6 Å². The van der Waals surface area contributed by atoms with Gasteiger partial charge in [0.25, 0.3) is 5.56 Å². The Kier molecular flexibility index (Phi) is 5.73. The van der Waals surface area contributed by atoms with Crippen LogP contribution in [0, 0.1) is 12.7 Å². The predicted molar refractivity (Wildman–Crippen MR) is 112 cm³/mol. The molecule has 1 saturated heterocycles. The van der Waals surface area contributed by atoms with Gasteiger partial charge < -0.3 is 9.72 Å². The Morgan fingerprint density at radius 1 is 1.17 bits per heavy atom. The molecule has 6 nitrogen and oxygen atoms in total. The maximum atomic E-state index is 13.3. The monoisotopic (exact) mass is 430 g/mol. The molecule has 30 heavy (non-hydrogen) atoms. The fourth-order valence-corrected chi connectivity index (χ4v) is 5.15.